The number of hydrogen-bond donors (Lipinski definition) is 3. The number of nitrogens with zero attached hydrogens (tertiary/aromatic N) is 1. The number of aromatic carboxylic acids is 1. The number of nitrogens with one attached hydrogen (secondary N) is 2. The topological polar surface area (TPSA) is 85.4 Å². The summed E-state index contributed by atoms with van der Waals surface area (Å²) in [5, 5.41) is 14.2. The van der Waals surface area contributed by atoms with Crippen LogP contribution in [0.2, 0.25) is 0 Å². The lowest BCUT2D eigenvalue weighted by Crippen LogP contribution is -2.34. The molecule has 130 valence electrons. The molecule has 0 fully saturated rings. The monoisotopic (exact) mass is 349 g/mol. The van der Waals surface area contributed by atoms with Gasteiger partial charge in [-0.25, -0.2) is 4.79 Å². The van der Waals surface area contributed by atoms with Gasteiger partial charge in [0.15, 0.2) is 0 Å². The maximum atomic E-state index is 12.6. The number of aryl methyl sites for hydroxylation is 2. The second-order valence-corrected chi connectivity index (χ2v) is 7.04. The minimum atomic E-state index is -1.06. The van der Waals surface area contributed by atoms with Crippen LogP contribution in [0.1, 0.15) is 48.6 Å². The van der Waals surface area contributed by atoms with Crippen molar-refractivity contribution < 1.29 is 14.7 Å². The van der Waals surface area contributed by atoms with E-state index < -0.39 is 5.97 Å². The smallest absolute Gasteiger partial charge is 0.352 e. The minimum absolute atomic E-state index is 0.0657. The van der Waals surface area contributed by atoms with Crippen molar-refractivity contribution in [2.24, 2.45) is 0 Å². The number of carbonyl (C=O) groups excluding carboxylic acids is 1. The summed E-state index contributed by atoms with van der Waals surface area (Å²) in [7, 11) is 3.95. The number of thiophene rings is 1. The van der Waals surface area contributed by atoms with Crippen LogP contribution in [0.5, 0.6) is 0 Å². The zero-order valence-corrected chi connectivity index (χ0v) is 15.4. The summed E-state index contributed by atoms with van der Waals surface area (Å²) in [6.45, 7) is 5.87. The molecule has 0 saturated carbocycles. The van der Waals surface area contributed by atoms with Crippen molar-refractivity contribution >= 4 is 23.2 Å². The Hall–Kier alpha value is -2.12. The number of amides is 1. The summed E-state index contributed by atoms with van der Waals surface area (Å²) in [4.78, 5) is 29.8. The van der Waals surface area contributed by atoms with Gasteiger partial charge in [-0.05, 0) is 57.4 Å². The molecule has 2 heterocycles. The first-order valence-electron chi connectivity index (χ1n) is 7.65. The van der Waals surface area contributed by atoms with Gasteiger partial charge in [-0.3, -0.25) is 4.79 Å². The first-order chi connectivity index (χ1) is 11.2. The Labute approximate surface area is 145 Å². The van der Waals surface area contributed by atoms with E-state index in [2.05, 4.69) is 28.2 Å². The van der Waals surface area contributed by atoms with Gasteiger partial charge >= 0.3 is 5.97 Å². The molecule has 24 heavy (non-hydrogen) atoms. The van der Waals surface area contributed by atoms with Crippen molar-refractivity contribution in [2.75, 3.05) is 20.6 Å². The Morgan fingerprint density at radius 2 is 2.00 bits per heavy atom. The molecule has 1 atom stereocenters. The third-order valence-corrected chi connectivity index (χ3v) is 5.28. The molecule has 0 bridgehead atoms. The second kappa shape index (κ2) is 7.19. The number of carboxylic acid groups (broad SMARTS) is 1. The Morgan fingerprint density at radius 1 is 1.33 bits per heavy atom. The lowest BCUT2D eigenvalue weighted by Gasteiger charge is -2.24. The number of carbonyl (C=O) groups is 2. The molecule has 2 aromatic heterocycles. The van der Waals surface area contributed by atoms with Gasteiger partial charge in [-0.1, -0.05) is 0 Å². The number of aromatic amines is 1. The zero-order chi connectivity index (χ0) is 18.0. The van der Waals surface area contributed by atoms with E-state index in [1.54, 1.807) is 25.2 Å². The predicted octanol–water partition coefficient (Wildman–Crippen LogP) is 2.73. The second-order valence-electron chi connectivity index (χ2n) is 6.09. The van der Waals surface area contributed by atoms with Crippen molar-refractivity contribution in [1.29, 1.82) is 0 Å². The van der Waals surface area contributed by atoms with E-state index in [-0.39, 0.29) is 17.6 Å². The predicted molar refractivity (Wildman–Crippen MR) is 95.0 cm³/mol. The number of carboxylic acids is 1. The maximum absolute atomic E-state index is 12.6. The lowest BCUT2D eigenvalue weighted by molar-refractivity contribution is 0.0690. The van der Waals surface area contributed by atoms with E-state index in [4.69, 9.17) is 5.11 Å². The van der Waals surface area contributed by atoms with Crippen LogP contribution in [0.3, 0.4) is 0 Å². The lowest BCUT2D eigenvalue weighted by atomic mass is 10.1. The van der Waals surface area contributed by atoms with E-state index in [9.17, 15) is 9.59 Å². The van der Waals surface area contributed by atoms with Crippen LogP contribution < -0.4 is 5.32 Å². The van der Waals surface area contributed by atoms with E-state index in [1.165, 1.54) is 10.4 Å². The molecule has 1 unspecified atom stereocenters. The number of aromatic nitrogens is 1. The quantitative estimate of drug-likeness (QED) is 0.748. The SMILES string of the molecule is Cc1ccsc1C(CNC(=O)c1c(C)[nH]c(C(=O)O)c1C)N(C)C. The molecule has 2 rings (SSSR count). The Balaban J connectivity index is 2.18. The van der Waals surface area contributed by atoms with Gasteiger partial charge in [0.25, 0.3) is 5.91 Å². The summed E-state index contributed by atoms with van der Waals surface area (Å²) in [5.41, 5.74) is 2.71. The van der Waals surface area contributed by atoms with Gasteiger partial charge in [-0.15, -0.1) is 11.3 Å². The van der Waals surface area contributed by atoms with Crippen molar-refractivity contribution in [1.82, 2.24) is 15.2 Å². The molecule has 2 aromatic rings. The van der Waals surface area contributed by atoms with Crippen molar-refractivity contribution in [3.05, 3.63) is 44.4 Å². The highest BCUT2D eigenvalue weighted by Crippen LogP contribution is 2.27. The summed E-state index contributed by atoms with van der Waals surface area (Å²) in [6.07, 6.45) is 0. The number of likely N-dealkylation sites (N-methyl/N-ethyl adjacent to an activating group) is 1. The summed E-state index contributed by atoms with van der Waals surface area (Å²) < 4.78 is 0. The highest BCUT2D eigenvalue weighted by Gasteiger charge is 2.23. The molecule has 0 aromatic carbocycles. The Morgan fingerprint density at radius 3 is 2.46 bits per heavy atom. The van der Waals surface area contributed by atoms with E-state index in [0.717, 1.165) is 0 Å². The van der Waals surface area contributed by atoms with Crippen LogP contribution in [-0.4, -0.2) is 47.5 Å². The molecule has 7 heteroatoms. The maximum Gasteiger partial charge on any atom is 0.352 e. The summed E-state index contributed by atoms with van der Waals surface area (Å²) in [6, 6.07) is 2.14. The average molecular weight is 349 g/mol. The molecule has 3 N–H and O–H groups in total. The number of H-pyrrole nitrogens is 1. The van der Waals surface area contributed by atoms with Crippen LogP contribution in [-0.2, 0) is 0 Å². The molecule has 1 amide bonds. The summed E-state index contributed by atoms with van der Waals surface area (Å²) in [5.74, 6) is -1.31. The van der Waals surface area contributed by atoms with Crippen LogP contribution in [0, 0.1) is 20.8 Å². The van der Waals surface area contributed by atoms with Gasteiger partial charge in [0.05, 0.1) is 11.6 Å². The van der Waals surface area contributed by atoms with E-state index >= 15 is 0 Å². The van der Waals surface area contributed by atoms with Crippen LogP contribution in [0.15, 0.2) is 11.4 Å². The van der Waals surface area contributed by atoms with E-state index in [1.807, 2.05) is 19.5 Å². The van der Waals surface area contributed by atoms with E-state index in [0.29, 0.717) is 23.4 Å². The molecule has 0 spiro atoms. The number of hydrogen-bond acceptors (Lipinski definition) is 4. The largest absolute Gasteiger partial charge is 0.477 e. The molecule has 0 aliphatic heterocycles. The summed E-state index contributed by atoms with van der Waals surface area (Å²) >= 11 is 1.67. The standard InChI is InChI=1S/C17H23N3O3S/c1-9-6-7-24-15(9)12(20(4)5)8-18-16(21)13-10(2)14(17(22)23)19-11(13)3/h6-7,12,19H,8H2,1-5H3,(H,18,21)(H,22,23). The molecule has 0 aliphatic rings. The fraction of sp³-hybridized carbons (Fsp3) is 0.412. The average Bonchev–Trinajstić information content (AvgIpc) is 3.02. The van der Waals surface area contributed by atoms with Crippen LogP contribution >= 0.6 is 11.3 Å². The third-order valence-electron chi connectivity index (χ3n) is 4.16. The van der Waals surface area contributed by atoms with Gasteiger partial charge in [-0.2, -0.15) is 0 Å². The first kappa shape index (κ1) is 18.2. The van der Waals surface area contributed by atoms with Gasteiger partial charge in [0, 0.05) is 17.1 Å². The molecular formula is C17H23N3O3S. The highest BCUT2D eigenvalue weighted by molar-refractivity contribution is 7.10. The molecule has 0 aliphatic carbocycles. The zero-order valence-electron chi connectivity index (χ0n) is 14.6. The molecule has 6 nitrogen and oxygen atoms in total. The first-order valence-corrected chi connectivity index (χ1v) is 8.53. The fourth-order valence-corrected chi connectivity index (χ4v) is 3.94. The van der Waals surface area contributed by atoms with Gasteiger partial charge in [0.1, 0.15) is 5.69 Å². The Bertz CT molecular complexity index is 761. The molecular weight excluding hydrogens is 326 g/mol. The normalized spacial score (nSPS) is 12.4. The van der Waals surface area contributed by atoms with Crippen LogP contribution in [0.25, 0.3) is 0 Å². The minimum Gasteiger partial charge on any atom is -0.477 e. The van der Waals surface area contributed by atoms with Gasteiger partial charge in [0.2, 0.25) is 0 Å². The molecule has 0 saturated heterocycles. The fourth-order valence-electron chi connectivity index (χ4n) is 2.82. The third kappa shape index (κ3) is 3.52. The number of rotatable bonds is 6. The Kier molecular flexibility index (Phi) is 5.46. The van der Waals surface area contributed by atoms with Gasteiger partial charge < -0.3 is 20.3 Å². The van der Waals surface area contributed by atoms with Crippen molar-refractivity contribution in [2.45, 2.75) is 26.8 Å². The van der Waals surface area contributed by atoms with Crippen LogP contribution in [0.4, 0.5) is 0 Å². The van der Waals surface area contributed by atoms with Crippen molar-refractivity contribution in [3.8, 4) is 0 Å². The van der Waals surface area contributed by atoms with Crippen molar-refractivity contribution in [3.63, 3.8) is 0 Å². The molecule has 0 radical (unpaired) electrons. The highest BCUT2D eigenvalue weighted by atomic mass is 32.1.